The van der Waals surface area contributed by atoms with Gasteiger partial charge in [-0.05, 0) is 19.6 Å². The lowest BCUT2D eigenvalue weighted by Gasteiger charge is -2.20. The summed E-state index contributed by atoms with van der Waals surface area (Å²) in [6.07, 6.45) is 5.73. The zero-order valence-corrected chi connectivity index (χ0v) is 9.26. The van der Waals surface area contributed by atoms with Crippen molar-refractivity contribution >= 4 is 0 Å². The average molecular weight is 193 g/mol. The molecule has 1 aliphatic rings. The highest BCUT2D eigenvalue weighted by atomic mass is 16.5. The summed E-state index contributed by atoms with van der Waals surface area (Å²) in [5.41, 5.74) is 2.07. The van der Waals surface area contributed by atoms with Crippen LogP contribution in [0.15, 0.2) is 48.5 Å². The first kappa shape index (κ1) is 12.6. The van der Waals surface area contributed by atoms with Crippen LogP contribution in [0.2, 0.25) is 0 Å². The van der Waals surface area contributed by atoms with Crippen LogP contribution in [0.25, 0.3) is 0 Å². The van der Waals surface area contributed by atoms with Crippen molar-refractivity contribution in [3.05, 3.63) is 48.5 Å². The summed E-state index contributed by atoms with van der Waals surface area (Å²) in [7, 11) is 0. The molecule has 0 fully saturated rings. The predicted molar refractivity (Wildman–Crippen MR) is 61.6 cm³/mol. The number of rotatable bonds is 2. The molecule has 0 aliphatic carbocycles. The number of allylic oxidation sites excluding steroid dienone is 2. The fraction of sp³-hybridized carbons (Fsp3) is 0.333. The summed E-state index contributed by atoms with van der Waals surface area (Å²) < 4.78 is 5.19. The monoisotopic (exact) mass is 193 g/mol. The molecule has 0 atom stereocenters. The third-order valence-corrected chi connectivity index (χ3v) is 1.60. The van der Waals surface area contributed by atoms with Gasteiger partial charge >= 0.3 is 0 Å². The fourth-order valence-electron chi connectivity index (χ4n) is 0.993. The van der Waals surface area contributed by atoms with Crippen LogP contribution in [0.3, 0.4) is 0 Å². The summed E-state index contributed by atoms with van der Waals surface area (Å²) in [4.78, 5) is 0. The Hall–Kier alpha value is -1.44. The molecule has 1 heterocycles. The first-order valence-corrected chi connectivity index (χ1v) is 4.85. The van der Waals surface area contributed by atoms with Crippen molar-refractivity contribution in [2.45, 2.75) is 20.8 Å². The van der Waals surface area contributed by atoms with Gasteiger partial charge in [-0.15, -0.1) is 0 Å². The van der Waals surface area contributed by atoms with Crippen molar-refractivity contribution in [2.24, 2.45) is 0 Å². The lowest BCUT2D eigenvalue weighted by molar-refractivity contribution is 0.212. The highest BCUT2D eigenvalue weighted by Crippen LogP contribution is 2.13. The molecule has 0 aromatic rings. The second kappa shape index (κ2) is 7.01. The molecule has 0 spiro atoms. The van der Waals surface area contributed by atoms with Gasteiger partial charge in [0.2, 0.25) is 0 Å². The van der Waals surface area contributed by atoms with Crippen molar-refractivity contribution in [2.75, 3.05) is 6.61 Å². The Morgan fingerprint density at radius 1 is 1.43 bits per heavy atom. The van der Waals surface area contributed by atoms with Gasteiger partial charge in [-0.25, -0.2) is 0 Å². The highest BCUT2D eigenvalue weighted by Gasteiger charge is 2.09. The SMILES string of the molecule is C=CC1=C(/C=C\C)NC(=C)OC1.CC. The first-order valence-electron chi connectivity index (χ1n) is 4.85. The van der Waals surface area contributed by atoms with Crippen LogP contribution in [-0.2, 0) is 4.74 Å². The summed E-state index contributed by atoms with van der Waals surface area (Å²) >= 11 is 0. The average Bonchev–Trinajstić information content (AvgIpc) is 2.22. The Kier molecular flexibility index (Phi) is 6.29. The molecule has 2 nitrogen and oxygen atoms in total. The maximum Gasteiger partial charge on any atom is 0.184 e. The molecule has 1 aliphatic heterocycles. The van der Waals surface area contributed by atoms with E-state index in [1.807, 2.05) is 32.9 Å². The summed E-state index contributed by atoms with van der Waals surface area (Å²) in [5, 5.41) is 3.02. The van der Waals surface area contributed by atoms with Crippen molar-refractivity contribution < 1.29 is 4.74 Å². The van der Waals surface area contributed by atoms with Gasteiger partial charge < -0.3 is 10.1 Å². The molecule has 2 heteroatoms. The van der Waals surface area contributed by atoms with Crippen LogP contribution >= 0.6 is 0 Å². The Bertz CT molecular complexity index is 261. The van der Waals surface area contributed by atoms with Gasteiger partial charge in [0.1, 0.15) is 6.61 Å². The summed E-state index contributed by atoms with van der Waals surface area (Å²) in [6.45, 7) is 13.9. The predicted octanol–water partition coefficient (Wildman–Crippen LogP) is 3.12. The second-order valence-electron chi connectivity index (χ2n) is 2.48. The van der Waals surface area contributed by atoms with Gasteiger partial charge in [-0.1, -0.05) is 32.6 Å². The Morgan fingerprint density at radius 3 is 2.57 bits per heavy atom. The van der Waals surface area contributed by atoms with E-state index in [1.54, 1.807) is 6.08 Å². The van der Waals surface area contributed by atoms with E-state index in [1.165, 1.54) is 0 Å². The summed E-state index contributed by atoms with van der Waals surface area (Å²) in [6, 6.07) is 0. The van der Waals surface area contributed by atoms with Gasteiger partial charge in [0, 0.05) is 11.3 Å². The van der Waals surface area contributed by atoms with Crippen LogP contribution in [0.4, 0.5) is 0 Å². The van der Waals surface area contributed by atoms with Crippen molar-refractivity contribution in [1.29, 1.82) is 0 Å². The van der Waals surface area contributed by atoms with E-state index in [0.717, 1.165) is 11.3 Å². The molecule has 0 radical (unpaired) electrons. The minimum atomic E-state index is 0.551. The molecule has 1 N–H and O–H groups in total. The molecular formula is C12H19NO. The third-order valence-electron chi connectivity index (χ3n) is 1.60. The van der Waals surface area contributed by atoms with Crippen molar-refractivity contribution in [3.8, 4) is 0 Å². The molecular weight excluding hydrogens is 174 g/mol. The van der Waals surface area contributed by atoms with Gasteiger partial charge in [-0.2, -0.15) is 0 Å². The number of nitrogens with one attached hydrogen (secondary N) is 1. The lowest BCUT2D eigenvalue weighted by atomic mass is 10.2. The largest absolute Gasteiger partial charge is 0.475 e. The van der Waals surface area contributed by atoms with E-state index in [0.29, 0.717) is 12.5 Å². The maximum atomic E-state index is 5.19. The highest BCUT2D eigenvalue weighted by molar-refractivity contribution is 5.34. The standard InChI is InChI=1S/C10H13NO.C2H6/c1-4-6-10-9(5-2)7-12-8(3)11-10;1-2/h4-6,11H,2-3,7H2,1H3;1-2H3/b6-4-;. The van der Waals surface area contributed by atoms with Crippen LogP contribution in [0.5, 0.6) is 0 Å². The van der Waals surface area contributed by atoms with E-state index in [9.17, 15) is 0 Å². The maximum absolute atomic E-state index is 5.19. The van der Waals surface area contributed by atoms with Crippen LogP contribution in [0, 0.1) is 0 Å². The molecule has 0 saturated heterocycles. The van der Waals surface area contributed by atoms with Crippen LogP contribution in [-0.4, -0.2) is 6.61 Å². The summed E-state index contributed by atoms with van der Waals surface area (Å²) in [5.74, 6) is 0.591. The van der Waals surface area contributed by atoms with Gasteiger partial charge in [0.05, 0.1) is 0 Å². The third kappa shape index (κ3) is 3.52. The minimum Gasteiger partial charge on any atom is -0.475 e. The lowest BCUT2D eigenvalue weighted by Crippen LogP contribution is -2.22. The topological polar surface area (TPSA) is 21.3 Å². The molecule has 1 rings (SSSR count). The molecule has 0 unspecified atom stereocenters. The van der Waals surface area contributed by atoms with E-state index < -0.39 is 0 Å². The van der Waals surface area contributed by atoms with E-state index in [2.05, 4.69) is 18.5 Å². The van der Waals surface area contributed by atoms with Crippen LogP contribution < -0.4 is 5.32 Å². The van der Waals surface area contributed by atoms with Gasteiger partial charge in [0.25, 0.3) is 0 Å². The molecule has 0 amide bonds. The van der Waals surface area contributed by atoms with E-state index in [-0.39, 0.29) is 0 Å². The molecule has 14 heavy (non-hydrogen) atoms. The van der Waals surface area contributed by atoms with Crippen LogP contribution in [0.1, 0.15) is 20.8 Å². The second-order valence-corrected chi connectivity index (χ2v) is 2.48. The number of hydrogen-bond donors (Lipinski definition) is 1. The zero-order valence-electron chi connectivity index (χ0n) is 9.26. The van der Waals surface area contributed by atoms with E-state index in [4.69, 9.17) is 4.74 Å². The molecule has 0 bridgehead atoms. The zero-order chi connectivity index (χ0) is 11.0. The van der Waals surface area contributed by atoms with E-state index >= 15 is 0 Å². The molecule has 78 valence electrons. The van der Waals surface area contributed by atoms with Crippen molar-refractivity contribution in [3.63, 3.8) is 0 Å². The minimum absolute atomic E-state index is 0.551. The Labute approximate surface area is 86.7 Å². The Balaban J connectivity index is 0.000000791. The van der Waals surface area contributed by atoms with Gasteiger partial charge in [-0.3, -0.25) is 0 Å². The number of ether oxygens (including phenoxy) is 1. The normalized spacial score (nSPS) is 15.5. The molecule has 0 aromatic heterocycles. The fourth-order valence-corrected chi connectivity index (χ4v) is 0.993. The van der Waals surface area contributed by atoms with Crippen molar-refractivity contribution in [1.82, 2.24) is 5.32 Å². The molecule has 0 saturated carbocycles. The molecule has 0 aromatic carbocycles. The quantitative estimate of drug-likeness (QED) is 0.727. The first-order chi connectivity index (χ1) is 6.77. The number of hydrogen-bond acceptors (Lipinski definition) is 2. The smallest absolute Gasteiger partial charge is 0.184 e. The Morgan fingerprint density at radius 2 is 2.07 bits per heavy atom. The van der Waals surface area contributed by atoms with Gasteiger partial charge in [0.15, 0.2) is 5.88 Å².